The van der Waals surface area contributed by atoms with E-state index in [1.807, 2.05) is 24.3 Å². The Morgan fingerprint density at radius 2 is 1.21 bits per heavy atom. The largest absolute Gasteiger partial charge is 0.519 e. The Labute approximate surface area is 161 Å². The van der Waals surface area contributed by atoms with Crippen molar-refractivity contribution < 1.29 is 24.1 Å². The van der Waals surface area contributed by atoms with E-state index >= 15 is 0 Å². The van der Waals surface area contributed by atoms with Gasteiger partial charge in [0.2, 0.25) is 0 Å². The normalized spacial score (nSPS) is 10.4. The average Bonchev–Trinajstić information content (AvgIpc) is 2.73. The van der Waals surface area contributed by atoms with Gasteiger partial charge in [-0.05, 0) is 24.3 Å². The van der Waals surface area contributed by atoms with Crippen LogP contribution in [0.25, 0.3) is 10.8 Å². The first-order valence-corrected chi connectivity index (χ1v) is 8.63. The van der Waals surface area contributed by atoms with Gasteiger partial charge < -0.3 is 19.3 Å². The second kappa shape index (κ2) is 7.72. The Hall–Kier alpha value is -3.99. The zero-order chi connectivity index (χ0) is 19.3. The van der Waals surface area contributed by atoms with Crippen LogP contribution in [0.3, 0.4) is 0 Å². The number of rotatable bonds is 4. The molecule has 0 amide bonds. The third-order valence-electron chi connectivity index (χ3n) is 4.05. The van der Waals surface area contributed by atoms with Crippen LogP contribution in [0.1, 0.15) is 0 Å². The predicted molar refractivity (Wildman–Crippen MR) is 105 cm³/mol. The van der Waals surface area contributed by atoms with E-state index < -0.39 is 6.16 Å². The van der Waals surface area contributed by atoms with E-state index in [4.69, 9.17) is 14.2 Å². The van der Waals surface area contributed by atoms with Gasteiger partial charge in [0.05, 0.1) is 0 Å². The van der Waals surface area contributed by atoms with Crippen molar-refractivity contribution in [1.82, 2.24) is 0 Å². The predicted octanol–water partition coefficient (Wildman–Crippen LogP) is 5.92. The molecule has 0 atom stereocenters. The van der Waals surface area contributed by atoms with Gasteiger partial charge in [0.25, 0.3) is 0 Å². The van der Waals surface area contributed by atoms with Gasteiger partial charge in [-0.25, -0.2) is 4.79 Å². The highest BCUT2D eigenvalue weighted by molar-refractivity contribution is 5.96. The van der Waals surface area contributed by atoms with Crippen molar-refractivity contribution in [3.63, 3.8) is 0 Å². The Bertz CT molecular complexity index is 1110. The Morgan fingerprint density at radius 1 is 0.643 bits per heavy atom. The van der Waals surface area contributed by atoms with Crippen LogP contribution in [0.15, 0.2) is 91.0 Å². The van der Waals surface area contributed by atoms with Gasteiger partial charge in [0.1, 0.15) is 17.2 Å². The molecule has 0 aliphatic heterocycles. The molecule has 5 nitrogen and oxygen atoms in total. The summed E-state index contributed by atoms with van der Waals surface area (Å²) >= 11 is 0. The summed E-state index contributed by atoms with van der Waals surface area (Å²) in [5.41, 5.74) is 0. The minimum Gasteiger partial charge on any atom is -0.504 e. The van der Waals surface area contributed by atoms with Crippen LogP contribution in [0.4, 0.5) is 4.79 Å². The van der Waals surface area contributed by atoms with Crippen LogP contribution in [0, 0.1) is 0 Å². The molecule has 4 aromatic carbocycles. The Morgan fingerprint density at radius 3 is 1.89 bits per heavy atom. The lowest BCUT2D eigenvalue weighted by molar-refractivity contribution is 0.152. The molecule has 0 fully saturated rings. The fourth-order valence-electron chi connectivity index (χ4n) is 2.78. The highest BCUT2D eigenvalue weighted by Crippen LogP contribution is 2.42. The van der Waals surface area contributed by atoms with Crippen molar-refractivity contribution in [3.05, 3.63) is 91.0 Å². The minimum absolute atomic E-state index is 0.0387. The van der Waals surface area contributed by atoms with Crippen LogP contribution in [0.2, 0.25) is 0 Å². The van der Waals surface area contributed by atoms with E-state index in [0.29, 0.717) is 22.3 Å². The fraction of sp³-hybridized carbons (Fsp3) is 0. The van der Waals surface area contributed by atoms with Crippen molar-refractivity contribution in [2.24, 2.45) is 0 Å². The summed E-state index contributed by atoms with van der Waals surface area (Å²) in [6, 6.07) is 26.2. The molecule has 28 heavy (non-hydrogen) atoms. The maximum absolute atomic E-state index is 12.2. The first-order valence-electron chi connectivity index (χ1n) is 8.63. The zero-order valence-electron chi connectivity index (χ0n) is 14.7. The molecule has 4 rings (SSSR count). The minimum atomic E-state index is -0.882. The second-order valence-electron chi connectivity index (χ2n) is 5.95. The van der Waals surface area contributed by atoms with Gasteiger partial charge in [0, 0.05) is 16.8 Å². The lowest BCUT2D eigenvalue weighted by Gasteiger charge is -2.14. The maximum atomic E-state index is 12.2. The molecular formula is C23H16O5. The van der Waals surface area contributed by atoms with Crippen LogP contribution in [0.5, 0.6) is 28.7 Å². The third kappa shape index (κ3) is 3.73. The smallest absolute Gasteiger partial charge is 0.504 e. The van der Waals surface area contributed by atoms with Gasteiger partial charge in [-0.2, -0.15) is 0 Å². The molecule has 0 saturated heterocycles. The topological polar surface area (TPSA) is 65.0 Å². The molecule has 5 heteroatoms. The number of fused-ring (bicyclic) bond motifs is 1. The lowest BCUT2D eigenvalue weighted by Crippen LogP contribution is -2.14. The monoisotopic (exact) mass is 372 g/mol. The molecule has 138 valence electrons. The lowest BCUT2D eigenvalue weighted by atomic mass is 10.1. The van der Waals surface area contributed by atoms with Gasteiger partial charge in [-0.15, -0.1) is 0 Å². The van der Waals surface area contributed by atoms with Crippen LogP contribution < -0.4 is 14.2 Å². The third-order valence-corrected chi connectivity index (χ3v) is 4.05. The molecule has 0 unspecified atom stereocenters. The van der Waals surface area contributed by atoms with Crippen molar-refractivity contribution in [3.8, 4) is 28.7 Å². The summed E-state index contributed by atoms with van der Waals surface area (Å²) < 4.78 is 16.4. The summed E-state index contributed by atoms with van der Waals surface area (Å²) in [6.45, 7) is 0. The number of para-hydroxylation sites is 2. The van der Waals surface area contributed by atoms with Crippen LogP contribution in [-0.4, -0.2) is 11.3 Å². The van der Waals surface area contributed by atoms with Crippen molar-refractivity contribution in [2.75, 3.05) is 0 Å². The Balaban J connectivity index is 1.68. The standard InChI is InChI=1S/C23H16O5/c24-22-19-14-8-7-13-18(19)20(15-21(22)26-16-9-3-1-4-10-16)28-23(25)27-17-11-5-2-6-12-17/h1-15,24H. The first-order chi connectivity index (χ1) is 13.7. The number of ether oxygens (including phenoxy) is 3. The van der Waals surface area contributed by atoms with E-state index in [1.54, 1.807) is 60.7 Å². The number of aromatic hydroxyl groups is 1. The number of carbonyl (C=O) groups excluding carboxylic acids is 1. The highest BCUT2D eigenvalue weighted by Gasteiger charge is 2.17. The molecule has 0 saturated carbocycles. The first kappa shape index (κ1) is 17.4. The number of carbonyl (C=O) groups is 1. The van der Waals surface area contributed by atoms with Gasteiger partial charge in [-0.3, -0.25) is 0 Å². The summed E-state index contributed by atoms with van der Waals surface area (Å²) in [4.78, 5) is 12.2. The SMILES string of the molecule is O=C(Oc1ccccc1)Oc1cc(Oc2ccccc2)c(O)c2ccccc12. The fourth-order valence-corrected chi connectivity index (χ4v) is 2.78. The molecule has 1 N–H and O–H groups in total. The van der Waals surface area contributed by atoms with E-state index in [9.17, 15) is 9.90 Å². The van der Waals surface area contributed by atoms with Crippen molar-refractivity contribution >= 4 is 16.9 Å². The number of phenolic OH excluding ortho intramolecular Hbond substituents is 1. The summed E-state index contributed by atoms with van der Waals surface area (Å²) in [5.74, 6) is 1.28. The summed E-state index contributed by atoms with van der Waals surface area (Å²) in [7, 11) is 0. The Kier molecular flexibility index (Phi) is 4.80. The van der Waals surface area contributed by atoms with E-state index in [1.165, 1.54) is 6.07 Å². The molecule has 0 spiro atoms. The average molecular weight is 372 g/mol. The molecule has 0 bridgehead atoms. The van der Waals surface area contributed by atoms with Crippen molar-refractivity contribution in [2.45, 2.75) is 0 Å². The number of hydrogen-bond donors (Lipinski definition) is 1. The van der Waals surface area contributed by atoms with E-state index in [0.717, 1.165) is 0 Å². The summed E-state index contributed by atoms with van der Waals surface area (Å²) in [5, 5.41) is 11.7. The zero-order valence-corrected chi connectivity index (χ0v) is 14.7. The summed E-state index contributed by atoms with van der Waals surface area (Å²) in [6.07, 6.45) is -0.882. The van der Waals surface area contributed by atoms with Gasteiger partial charge in [0.15, 0.2) is 11.5 Å². The van der Waals surface area contributed by atoms with E-state index in [2.05, 4.69) is 0 Å². The van der Waals surface area contributed by atoms with Gasteiger partial charge in [-0.1, -0.05) is 60.7 Å². The number of phenols is 1. The van der Waals surface area contributed by atoms with Gasteiger partial charge >= 0.3 is 6.16 Å². The molecule has 4 aromatic rings. The number of hydrogen-bond acceptors (Lipinski definition) is 5. The number of benzene rings is 4. The molecule has 0 radical (unpaired) electrons. The molecular weight excluding hydrogens is 356 g/mol. The quantitative estimate of drug-likeness (QED) is 0.356. The molecule has 0 aliphatic carbocycles. The van der Waals surface area contributed by atoms with Crippen molar-refractivity contribution in [1.29, 1.82) is 0 Å². The van der Waals surface area contributed by atoms with E-state index in [-0.39, 0.29) is 17.2 Å². The maximum Gasteiger partial charge on any atom is 0.519 e. The molecule has 0 heterocycles. The van der Waals surface area contributed by atoms with Crippen LogP contribution >= 0.6 is 0 Å². The van der Waals surface area contributed by atoms with Crippen LogP contribution in [-0.2, 0) is 0 Å². The molecule has 0 aromatic heterocycles. The highest BCUT2D eigenvalue weighted by atomic mass is 16.7. The second-order valence-corrected chi connectivity index (χ2v) is 5.95. The molecule has 0 aliphatic rings.